The van der Waals surface area contributed by atoms with Crippen molar-refractivity contribution in [2.75, 3.05) is 0 Å². The van der Waals surface area contributed by atoms with Crippen molar-refractivity contribution in [1.82, 2.24) is 5.32 Å². The van der Waals surface area contributed by atoms with Crippen molar-refractivity contribution in [3.63, 3.8) is 0 Å². The van der Waals surface area contributed by atoms with Crippen LogP contribution in [0.5, 0.6) is 0 Å². The van der Waals surface area contributed by atoms with E-state index in [1.807, 2.05) is 22.6 Å². The van der Waals surface area contributed by atoms with Gasteiger partial charge in [-0.05, 0) is 41.0 Å². The van der Waals surface area contributed by atoms with Crippen molar-refractivity contribution in [1.29, 1.82) is 0 Å². The third kappa shape index (κ3) is 2.88. The van der Waals surface area contributed by atoms with Gasteiger partial charge in [-0.1, -0.05) is 0 Å². The van der Waals surface area contributed by atoms with Crippen LogP contribution >= 0.6 is 33.9 Å². The molecule has 0 aromatic carbocycles. The minimum absolute atomic E-state index is 0.433. The van der Waals surface area contributed by atoms with Crippen LogP contribution in [0.15, 0.2) is 11.4 Å². The highest BCUT2D eigenvalue weighted by Crippen LogP contribution is 2.18. The van der Waals surface area contributed by atoms with Crippen LogP contribution < -0.4 is 5.32 Å². The largest absolute Gasteiger partial charge is 0.343 e. The van der Waals surface area contributed by atoms with E-state index in [1.54, 1.807) is 11.4 Å². The van der Waals surface area contributed by atoms with E-state index in [0.717, 1.165) is 3.57 Å². The smallest absolute Gasteiger partial charge is 0.262 e. The standard InChI is InChI=1S/C8H8F2INOS/c1-4(7(9)10)12-8(13)6-5(11)2-3-14-6/h2-4,7H,1H3,(H,12,13). The predicted octanol–water partition coefficient (Wildman–Crippen LogP) is 2.74. The third-order valence-electron chi connectivity index (χ3n) is 1.56. The SMILES string of the molecule is CC(NC(=O)c1sccc1I)C(F)F. The first-order chi connectivity index (χ1) is 6.52. The summed E-state index contributed by atoms with van der Waals surface area (Å²) in [5.74, 6) is -0.433. The summed E-state index contributed by atoms with van der Waals surface area (Å²) in [6.07, 6.45) is -2.53. The summed E-state index contributed by atoms with van der Waals surface area (Å²) in [5.41, 5.74) is 0. The van der Waals surface area contributed by atoms with Gasteiger partial charge in [0.25, 0.3) is 12.3 Å². The van der Waals surface area contributed by atoms with E-state index in [4.69, 9.17) is 0 Å². The normalized spacial score (nSPS) is 12.9. The lowest BCUT2D eigenvalue weighted by atomic mass is 10.3. The summed E-state index contributed by atoms with van der Waals surface area (Å²) in [6.45, 7) is 1.28. The minimum atomic E-state index is -2.53. The fraction of sp³-hybridized carbons (Fsp3) is 0.375. The highest BCUT2D eigenvalue weighted by molar-refractivity contribution is 14.1. The van der Waals surface area contributed by atoms with Crippen molar-refractivity contribution >= 4 is 39.8 Å². The van der Waals surface area contributed by atoms with E-state index in [1.165, 1.54) is 18.3 Å². The van der Waals surface area contributed by atoms with E-state index < -0.39 is 18.4 Å². The van der Waals surface area contributed by atoms with Crippen LogP contribution in [0.2, 0.25) is 0 Å². The Kier molecular flexibility index (Phi) is 4.24. The number of hydrogen-bond acceptors (Lipinski definition) is 2. The molecular weight excluding hydrogens is 323 g/mol. The molecule has 78 valence electrons. The Bertz CT molecular complexity index is 329. The number of carbonyl (C=O) groups excluding carboxylic acids is 1. The summed E-state index contributed by atoms with van der Waals surface area (Å²) < 4.78 is 25.0. The number of halogens is 3. The van der Waals surface area contributed by atoms with Gasteiger partial charge in [0.15, 0.2) is 0 Å². The average Bonchev–Trinajstić information content (AvgIpc) is 2.51. The van der Waals surface area contributed by atoms with Crippen LogP contribution in [0, 0.1) is 3.57 Å². The van der Waals surface area contributed by atoms with Gasteiger partial charge >= 0.3 is 0 Å². The molecule has 1 rings (SSSR count). The molecule has 1 aromatic rings. The monoisotopic (exact) mass is 331 g/mol. The predicted molar refractivity (Wildman–Crippen MR) is 60.0 cm³/mol. The van der Waals surface area contributed by atoms with Gasteiger partial charge in [-0.2, -0.15) is 0 Å². The van der Waals surface area contributed by atoms with E-state index in [0.29, 0.717) is 4.88 Å². The lowest BCUT2D eigenvalue weighted by molar-refractivity contribution is 0.0783. The quantitative estimate of drug-likeness (QED) is 0.848. The fourth-order valence-corrected chi connectivity index (χ4v) is 2.53. The van der Waals surface area contributed by atoms with Gasteiger partial charge in [-0.3, -0.25) is 4.79 Å². The van der Waals surface area contributed by atoms with Gasteiger partial charge in [0, 0.05) is 3.57 Å². The van der Waals surface area contributed by atoms with Crippen LogP contribution in [-0.2, 0) is 0 Å². The first-order valence-corrected chi connectivity index (χ1v) is 5.80. The second-order valence-corrected chi connectivity index (χ2v) is 4.77. The molecule has 0 bridgehead atoms. The molecule has 1 N–H and O–H groups in total. The molecule has 14 heavy (non-hydrogen) atoms. The number of hydrogen-bond donors (Lipinski definition) is 1. The molecule has 0 aliphatic heterocycles. The zero-order chi connectivity index (χ0) is 10.7. The van der Waals surface area contributed by atoms with Gasteiger partial charge in [-0.15, -0.1) is 11.3 Å². The van der Waals surface area contributed by atoms with Crippen molar-refractivity contribution in [2.45, 2.75) is 19.4 Å². The molecule has 1 unspecified atom stereocenters. The Labute approximate surface area is 97.8 Å². The van der Waals surface area contributed by atoms with Gasteiger partial charge < -0.3 is 5.32 Å². The molecule has 0 fully saturated rings. The van der Waals surface area contributed by atoms with E-state index >= 15 is 0 Å². The Morgan fingerprint density at radius 1 is 1.64 bits per heavy atom. The number of alkyl halides is 2. The second kappa shape index (κ2) is 5.01. The number of thiophene rings is 1. The minimum Gasteiger partial charge on any atom is -0.343 e. The van der Waals surface area contributed by atoms with Gasteiger partial charge in [-0.25, -0.2) is 8.78 Å². The molecule has 1 aromatic heterocycles. The number of amides is 1. The van der Waals surface area contributed by atoms with Gasteiger partial charge in [0.1, 0.15) is 4.88 Å². The molecule has 1 atom stereocenters. The maximum absolute atomic E-state index is 12.1. The number of nitrogens with one attached hydrogen (secondary N) is 1. The molecule has 0 aliphatic rings. The van der Waals surface area contributed by atoms with Crippen LogP contribution in [0.1, 0.15) is 16.6 Å². The lowest BCUT2D eigenvalue weighted by Crippen LogP contribution is -2.37. The molecular formula is C8H8F2INOS. The third-order valence-corrected chi connectivity index (χ3v) is 3.74. The second-order valence-electron chi connectivity index (χ2n) is 2.69. The highest BCUT2D eigenvalue weighted by Gasteiger charge is 2.19. The van der Waals surface area contributed by atoms with Crippen molar-refractivity contribution in [3.8, 4) is 0 Å². The molecule has 1 heterocycles. The van der Waals surface area contributed by atoms with Crippen molar-refractivity contribution in [3.05, 3.63) is 19.9 Å². The molecule has 6 heteroatoms. The van der Waals surface area contributed by atoms with Crippen molar-refractivity contribution in [2.24, 2.45) is 0 Å². The van der Waals surface area contributed by atoms with Crippen LogP contribution in [-0.4, -0.2) is 18.4 Å². The van der Waals surface area contributed by atoms with Gasteiger partial charge in [0.05, 0.1) is 6.04 Å². The summed E-state index contributed by atoms with van der Waals surface area (Å²) in [7, 11) is 0. The van der Waals surface area contributed by atoms with E-state index in [9.17, 15) is 13.6 Å². The Balaban J connectivity index is 2.64. The fourth-order valence-electron chi connectivity index (χ4n) is 0.791. The zero-order valence-corrected chi connectivity index (χ0v) is 10.2. The average molecular weight is 331 g/mol. The molecule has 0 aliphatic carbocycles. The molecule has 0 saturated heterocycles. The van der Waals surface area contributed by atoms with Crippen molar-refractivity contribution < 1.29 is 13.6 Å². The summed E-state index contributed by atoms with van der Waals surface area (Å²) in [5, 5.41) is 3.99. The zero-order valence-electron chi connectivity index (χ0n) is 7.26. The number of carbonyl (C=O) groups is 1. The van der Waals surface area contributed by atoms with E-state index in [2.05, 4.69) is 5.32 Å². The Morgan fingerprint density at radius 2 is 2.29 bits per heavy atom. The lowest BCUT2D eigenvalue weighted by Gasteiger charge is -2.11. The van der Waals surface area contributed by atoms with Crippen LogP contribution in [0.4, 0.5) is 8.78 Å². The molecule has 1 amide bonds. The summed E-state index contributed by atoms with van der Waals surface area (Å²) >= 11 is 3.24. The first kappa shape index (κ1) is 11.8. The Hall–Kier alpha value is -0.240. The molecule has 0 spiro atoms. The Morgan fingerprint density at radius 3 is 2.71 bits per heavy atom. The topological polar surface area (TPSA) is 29.1 Å². The van der Waals surface area contributed by atoms with Gasteiger partial charge in [0.2, 0.25) is 0 Å². The molecule has 0 saturated carbocycles. The number of rotatable bonds is 3. The molecule has 0 radical (unpaired) electrons. The molecule has 2 nitrogen and oxygen atoms in total. The van der Waals surface area contributed by atoms with Crippen LogP contribution in [0.3, 0.4) is 0 Å². The van der Waals surface area contributed by atoms with E-state index in [-0.39, 0.29) is 0 Å². The summed E-state index contributed by atoms with van der Waals surface area (Å²) in [6, 6.07) is 0.660. The highest BCUT2D eigenvalue weighted by atomic mass is 127. The maximum atomic E-state index is 12.1. The first-order valence-electron chi connectivity index (χ1n) is 3.84. The van der Waals surface area contributed by atoms with Crippen LogP contribution in [0.25, 0.3) is 0 Å². The maximum Gasteiger partial charge on any atom is 0.262 e. The summed E-state index contributed by atoms with van der Waals surface area (Å²) in [4.78, 5) is 11.9.